The molecule has 8 heteroatoms. The van der Waals surface area contributed by atoms with Crippen LogP contribution in [0.3, 0.4) is 0 Å². The van der Waals surface area contributed by atoms with Crippen LogP contribution in [0.5, 0.6) is 11.5 Å². The van der Waals surface area contributed by atoms with Crippen LogP contribution in [-0.2, 0) is 19.1 Å². The average Bonchev–Trinajstić information content (AvgIpc) is 3.27. The summed E-state index contributed by atoms with van der Waals surface area (Å²) in [5, 5.41) is 13.5. The number of aromatic hydroxyl groups is 1. The van der Waals surface area contributed by atoms with Gasteiger partial charge >= 0.3 is 5.97 Å². The molecule has 1 aromatic rings. The van der Waals surface area contributed by atoms with Crippen molar-refractivity contribution in [1.82, 2.24) is 5.32 Å². The third-order valence-corrected chi connectivity index (χ3v) is 6.31. The number of ether oxygens (including phenoxy) is 3. The third kappa shape index (κ3) is 4.16. The second-order valence-electron chi connectivity index (χ2n) is 8.05. The Balaban J connectivity index is 1.76. The van der Waals surface area contributed by atoms with Crippen LogP contribution in [-0.4, -0.2) is 43.3 Å². The van der Waals surface area contributed by atoms with E-state index < -0.39 is 11.9 Å². The molecule has 2 aliphatic heterocycles. The summed E-state index contributed by atoms with van der Waals surface area (Å²) in [6.45, 7) is 2.64. The Morgan fingerprint density at radius 3 is 2.84 bits per heavy atom. The fraction of sp³-hybridized carbons (Fsp3) is 0.478. The second-order valence-corrected chi connectivity index (χ2v) is 8.46. The maximum absolute atomic E-state index is 13.2. The lowest BCUT2D eigenvalue weighted by molar-refractivity contribution is -0.142. The highest BCUT2D eigenvalue weighted by molar-refractivity contribution is 6.32. The summed E-state index contributed by atoms with van der Waals surface area (Å²) in [6.07, 6.45) is 3.58. The van der Waals surface area contributed by atoms with Gasteiger partial charge in [-0.2, -0.15) is 0 Å². The molecule has 0 spiro atoms. The van der Waals surface area contributed by atoms with E-state index in [2.05, 4.69) is 5.32 Å². The van der Waals surface area contributed by atoms with Crippen molar-refractivity contribution < 1.29 is 28.9 Å². The predicted octanol–water partition coefficient (Wildman–Crippen LogP) is 3.74. The number of phenols is 1. The average molecular weight is 448 g/mol. The van der Waals surface area contributed by atoms with E-state index in [9.17, 15) is 14.7 Å². The van der Waals surface area contributed by atoms with E-state index in [1.54, 1.807) is 19.1 Å². The van der Waals surface area contributed by atoms with E-state index in [1.165, 1.54) is 7.11 Å². The third-order valence-electron chi connectivity index (χ3n) is 6.02. The van der Waals surface area contributed by atoms with Crippen LogP contribution in [0.1, 0.15) is 50.5 Å². The number of methoxy groups -OCH3 is 1. The highest BCUT2D eigenvalue weighted by Gasteiger charge is 2.40. The lowest BCUT2D eigenvalue weighted by Crippen LogP contribution is -2.35. The van der Waals surface area contributed by atoms with Gasteiger partial charge in [0, 0.05) is 35.9 Å². The first-order valence-electron chi connectivity index (χ1n) is 10.5. The van der Waals surface area contributed by atoms with Crippen LogP contribution < -0.4 is 10.1 Å². The molecule has 2 N–H and O–H groups in total. The molecule has 1 saturated heterocycles. The van der Waals surface area contributed by atoms with Gasteiger partial charge in [0.1, 0.15) is 6.61 Å². The summed E-state index contributed by atoms with van der Waals surface area (Å²) in [5.41, 5.74) is 2.95. The quantitative estimate of drug-likeness (QED) is 0.664. The standard InChI is InChI=1S/C23H26ClNO6/c1-12-19(23(28)31-11-14-5-4-8-30-14)20(21-16(25-12)6-3-7-17(21)26)13-9-15(24)22(27)18(10-13)29-2/h9-10,14,20,25,27H,3-8,11H2,1-2H3. The zero-order valence-electron chi connectivity index (χ0n) is 17.6. The molecule has 31 heavy (non-hydrogen) atoms. The number of hydrogen-bond acceptors (Lipinski definition) is 7. The van der Waals surface area contributed by atoms with Gasteiger partial charge in [-0.1, -0.05) is 11.6 Å². The number of Topliss-reactive ketones (excluding diaryl/α,β-unsaturated/α-hetero) is 1. The molecular weight excluding hydrogens is 422 g/mol. The van der Waals surface area contributed by atoms with Crippen molar-refractivity contribution in [3.05, 3.63) is 45.3 Å². The molecule has 1 aromatic carbocycles. The van der Waals surface area contributed by atoms with Gasteiger partial charge in [-0.25, -0.2) is 4.79 Å². The number of rotatable bonds is 5. The number of halogens is 1. The van der Waals surface area contributed by atoms with Crippen LogP contribution in [0.15, 0.2) is 34.7 Å². The van der Waals surface area contributed by atoms with Crippen molar-refractivity contribution in [3.63, 3.8) is 0 Å². The lowest BCUT2D eigenvalue weighted by atomic mass is 9.75. The van der Waals surface area contributed by atoms with E-state index in [-0.39, 0.29) is 35.0 Å². The van der Waals surface area contributed by atoms with Crippen LogP contribution in [0.4, 0.5) is 0 Å². The molecule has 0 amide bonds. The molecule has 0 bridgehead atoms. The van der Waals surface area contributed by atoms with Gasteiger partial charge in [0.15, 0.2) is 17.3 Å². The molecule has 0 aromatic heterocycles. The zero-order valence-corrected chi connectivity index (χ0v) is 18.4. The number of benzene rings is 1. The minimum Gasteiger partial charge on any atom is -0.503 e. The Kier molecular flexibility index (Phi) is 6.25. The fourth-order valence-corrected chi connectivity index (χ4v) is 4.74. The zero-order chi connectivity index (χ0) is 22.1. The highest BCUT2D eigenvalue weighted by Crippen LogP contribution is 2.46. The molecule has 1 fully saturated rings. The van der Waals surface area contributed by atoms with Gasteiger partial charge in [-0.3, -0.25) is 4.79 Å². The Bertz CT molecular complexity index is 977. The normalized spacial score (nSPS) is 23.5. The number of allylic oxidation sites excluding steroid dienone is 3. The number of carbonyl (C=O) groups is 2. The van der Waals surface area contributed by atoms with Gasteiger partial charge in [-0.05, 0) is 50.3 Å². The molecular formula is C23H26ClNO6. The summed E-state index contributed by atoms with van der Waals surface area (Å²) < 4.78 is 16.4. The second kappa shape index (κ2) is 8.93. The number of carbonyl (C=O) groups excluding carboxylic acids is 2. The van der Waals surface area contributed by atoms with Crippen molar-refractivity contribution in [3.8, 4) is 11.5 Å². The van der Waals surface area contributed by atoms with Crippen LogP contribution in [0.2, 0.25) is 5.02 Å². The monoisotopic (exact) mass is 447 g/mol. The van der Waals surface area contributed by atoms with E-state index in [4.69, 9.17) is 25.8 Å². The topological polar surface area (TPSA) is 94.1 Å². The highest BCUT2D eigenvalue weighted by atomic mass is 35.5. The summed E-state index contributed by atoms with van der Waals surface area (Å²) in [5.74, 6) is -1.18. The lowest BCUT2D eigenvalue weighted by Gasteiger charge is -2.34. The Morgan fingerprint density at radius 1 is 1.32 bits per heavy atom. The molecule has 3 aliphatic rings. The summed E-state index contributed by atoms with van der Waals surface area (Å²) in [6, 6.07) is 3.19. The summed E-state index contributed by atoms with van der Waals surface area (Å²) in [4.78, 5) is 26.2. The number of dihydropyridines is 1. The van der Waals surface area contributed by atoms with Crippen molar-refractivity contribution in [2.24, 2.45) is 0 Å². The maximum atomic E-state index is 13.2. The number of ketones is 1. The molecule has 2 heterocycles. The van der Waals surface area contributed by atoms with E-state index in [0.717, 1.165) is 31.4 Å². The minimum atomic E-state index is -0.659. The first-order chi connectivity index (χ1) is 14.9. The predicted molar refractivity (Wildman–Crippen MR) is 114 cm³/mol. The van der Waals surface area contributed by atoms with Gasteiger partial charge in [0.05, 0.1) is 23.8 Å². The Morgan fingerprint density at radius 2 is 2.13 bits per heavy atom. The van der Waals surface area contributed by atoms with Crippen molar-refractivity contribution in [2.75, 3.05) is 20.3 Å². The van der Waals surface area contributed by atoms with Gasteiger partial charge in [0.25, 0.3) is 0 Å². The van der Waals surface area contributed by atoms with Crippen molar-refractivity contribution in [1.29, 1.82) is 0 Å². The number of phenolic OH excluding ortho intramolecular Hbond substituents is 1. The molecule has 0 saturated carbocycles. The van der Waals surface area contributed by atoms with E-state index in [1.807, 2.05) is 0 Å². The SMILES string of the molecule is COc1cc(C2C(C(=O)OCC3CCCO3)=C(C)NC3=C2C(=O)CCC3)cc(Cl)c1O. The smallest absolute Gasteiger partial charge is 0.336 e. The Labute approximate surface area is 186 Å². The molecule has 2 unspecified atom stereocenters. The van der Waals surface area contributed by atoms with Crippen LogP contribution >= 0.6 is 11.6 Å². The van der Waals surface area contributed by atoms with Gasteiger partial charge in [0.2, 0.25) is 0 Å². The van der Waals surface area contributed by atoms with Crippen molar-refractivity contribution in [2.45, 2.75) is 51.0 Å². The molecule has 166 valence electrons. The molecule has 0 radical (unpaired) electrons. The fourth-order valence-electron chi connectivity index (χ4n) is 4.53. The van der Waals surface area contributed by atoms with Gasteiger partial charge in [-0.15, -0.1) is 0 Å². The minimum absolute atomic E-state index is 0.0150. The van der Waals surface area contributed by atoms with Crippen molar-refractivity contribution >= 4 is 23.4 Å². The first-order valence-corrected chi connectivity index (χ1v) is 10.9. The molecule has 1 aliphatic carbocycles. The molecule has 2 atom stereocenters. The van der Waals surface area contributed by atoms with Gasteiger partial charge < -0.3 is 24.6 Å². The van der Waals surface area contributed by atoms with Crippen LogP contribution in [0.25, 0.3) is 0 Å². The maximum Gasteiger partial charge on any atom is 0.336 e. The number of esters is 1. The summed E-state index contributed by atoms with van der Waals surface area (Å²) >= 11 is 6.24. The first kappa shape index (κ1) is 21.7. The Hall–Kier alpha value is -2.51. The number of nitrogens with one attached hydrogen (secondary N) is 1. The molecule has 7 nitrogen and oxygen atoms in total. The molecule has 4 rings (SSSR count). The summed E-state index contributed by atoms with van der Waals surface area (Å²) in [7, 11) is 1.42. The van der Waals surface area contributed by atoms with Crippen LogP contribution in [0, 0.1) is 0 Å². The van der Waals surface area contributed by atoms with E-state index in [0.29, 0.717) is 35.4 Å². The largest absolute Gasteiger partial charge is 0.503 e. The number of hydrogen-bond donors (Lipinski definition) is 2. The van der Waals surface area contributed by atoms with E-state index >= 15 is 0 Å².